The third-order valence-electron chi connectivity index (χ3n) is 6.58. The molecule has 38 heavy (non-hydrogen) atoms. The highest BCUT2D eigenvalue weighted by molar-refractivity contribution is 7.90. The fourth-order valence-corrected chi connectivity index (χ4v) is 5.59. The van der Waals surface area contributed by atoms with Crippen molar-refractivity contribution in [2.75, 3.05) is 12.3 Å². The Bertz CT molecular complexity index is 1470. The summed E-state index contributed by atoms with van der Waals surface area (Å²) >= 11 is 0. The molecular formula is C27H29FN4O5S. The minimum absolute atomic E-state index is 0.00185. The van der Waals surface area contributed by atoms with Crippen molar-refractivity contribution in [1.82, 2.24) is 14.7 Å². The molecule has 9 nitrogen and oxygen atoms in total. The number of nitrogen functional groups attached to an aromatic ring is 1. The van der Waals surface area contributed by atoms with E-state index in [4.69, 9.17) is 15.2 Å². The van der Waals surface area contributed by atoms with Crippen molar-refractivity contribution in [3.05, 3.63) is 59.9 Å². The Balaban J connectivity index is 1.46. The molecule has 3 atom stereocenters. The standard InChI is InChI=1S/C27H29FN4O5S/c1-15(2)14-36-20-12-18(9-19(28)13-20)23-7-6-22(27(30-23)37-21-10-16-8-17(16)11-21)26(33)32-38(34,35)25-5-3-4-24(29)31-25/h3-7,9,12-13,15-17,21H,8,10-11,14H2,1-2H3,(H2,29,31)(H,32,33)/t16-,17+,21?. The summed E-state index contributed by atoms with van der Waals surface area (Å²) in [4.78, 5) is 21.5. The number of sulfonamides is 1. The van der Waals surface area contributed by atoms with Gasteiger partial charge in [-0.2, -0.15) is 8.42 Å². The minimum Gasteiger partial charge on any atom is -0.493 e. The Morgan fingerprint density at radius 2 is 1.87 bits per heavy atom. The molecule has 2 heterocycles. The van der Waals surface area contributed by atoms with Crippen molar-refractivity contribution in [2.45, 2.75) is 44.2 Å². The fraction of sp³-hybridized carbons (Fsp3) is 0.370. The number of nitrogens with zero attached hydrogens (tertiary/aromatic N) is 2. The number of amides is 1. The van der Waals surface area contributed by atoms with E-state index in [-0.39, 0.29) is 34.3 Å². The van der Waals surface area contributed by atoms with E-state index in [9.17, 15) is 17.6 Å². The first-order chi connectivity index (χ1) is 18.1. The number of nitrogens with one attached hydrogen (secondary N) is 1. The van der Waals surface area contributed by atoms with Crippen LogP contribution in [0.4, 0.5) is 10.2 Å². The van der Waals surface area contributed by atoms with Crippen LogP contribution in [0.5, 0.6) is 11.6 Å². The van der Waals surface area contributed by atoms with Crippen LogP contribution in [-0.2, 0) is 10.0 Å². The molecule has 11 heteroatoms. The van der Waals surface area contributed by atoms with Gasteiger partial charge in [-0.1, -0.05) is 19.9 Å². The number of ether oxygens (including phenoxy) is 2. The summed E-state index contributed by atoms with van der Waals surface area (Å²) in [6.07, 6.45) is 2.72. The van der Waals surface area contributed by atoms with Crippen molar-refractivity contribution in [3.8, 4) is 22.9 Å². The van der Waals surface area contributed by atoms with Crippen molar-refractivity contribution >= 4 is 21.7 Å². The molecule has 2 aliphatic carbocycles. The second-order valence-corrected chi connectivity index (χ2v) is 11.9. The van der Waals surface area contributed by atoms with E-state index in [1.807, 2.05) is 18.6 Å². The average molecular weight is 541 g/mol. The molecular weight excluding hydrogens is 511 g/mol. The molecule has 0 bridgehead atoms. The Morgan fingerprint density at radius 3 is 2.58 bits per heavy atom. The Kier molecular flexibility index (Phi) is 6.95. The van der Waals surface area contributed by atoms with E-state index >= 15 is 0 Å². The Labute approximate surface area is 220 Å². The van der Waals surface area contributed by atoms with Gasteiger partial charge in [0.25, 0.3) is 15.9 Å². The van der Waals surface area contributed by atoms with E-state index in [1.165, 1.54) is 48.9 Å². The molecule has 1 amide bonds. The number of pyridine rings is 2. The average Bonchev–Trinajstić information content (AvgIpc) is 3.47. The zero-order chi connectivity index (χ0) is 27.0. The van der Waals surface area contributed by atoms with Gasteiger partial charge in [-0.25, -0.2) is 19.1 Å². The molecule has 2 saturated carbocycles. The van der Waals surface area contributed by atoms with Crippen LogP contribution in [0.1, 0.15) is 43.5 Å². The number of hydrogen-bond acceptors (Lipinski definition) is 8. The smallest absolute Gasteiger partial charge is 0.281 e. The molecule has 5 rings (SSSR count). The van der Waals surface area contributed by atoms with Gasteiger partial charge in [-0.05, 0) is 73.4 Å². The quantitative estimate of drug-likeness (QED) is 0.413. The van der Waals surface area contributed by atoms with E-state index in [1.54, 1.807) is 6.07 Å². The lowest BCUT2D eigenvalue weighted by atomic mass is 10.1. The van der Waals surface area contributed by atoms with Crippen molar-refractivity contribution in [2.24, 2.45) is 17.8 Å². The predicted molar refractivity (Wildman–Crippen MR) is 139 cm³/mol. The molecule has 0 radical (unpaired) electrons. The second kappa shape index (κ2) is 10.2. The lowest BCUT2D eigenvalue weighted by molar-refractivity contribution is 0.0971. The molecule has 1 aromatic carbocycles. The van der Waals surface area contributed by atoms with Crippen LogP contribution in [0.2, 0.25) is 0 Å². The predicted octanol–water partition coefficient (Wildman–Crippen LogP) is 4.20. The highest BCUT2D eigenvalue weighted by Crippen LogP contribution is 2.52. The van der Waals surface area contributed by atoms with Crippen molar-refractivity contribution < 1.29 is 27.1 Å². The summed E-state index contributed by atoms with van der Waals surface area (Å²) < 4.78 is 53.8. The highest BCUT2D eigenvalue weighted by Gasteiger charge is 2.47. The normalized spacial score (nSPS) is 20.2. The third kappa shape index (κ3) is 5.88. The molecule has 0 aliphatic heterocycles. The third-order valence-corrected chi connectivity index (χ3v) is 7.81. The molecule has 200 valence electrons. The summed E-state index contributed by atoms with van der Waals surface area (Å²) in [5.74, 6) is 0.401. The number of aromatic nitrogens is 2. The van der Waals surface area contributed by atoms with Gasteiger partial charge in [0.1, 0.15) is 29.1 Å². The molecule has 0 saturated heterocycles. The summed E-state index contributed by atoms with van der Waals surface area (Å²) in [6, 6.07) is 11.3. The summed E-state index contributed by atoms with van der Waals surface area (Å²) in [6.45, 7) is 4.40. The largest absolute Gasteiger partial charge is 0.493 e. The van der Waals surface area contributed by atoms with Crippen LogP contribution in [-0.4, -0.2) is 37.0 Å². The van der Waals surface area contributed by atoms with Gasteiger partial charge >= 0.3 is 0 Å². The van der Waals surface area contributed by atoms with Gasteiger partial charge in [0.15, 0.2) is 5.03 Å². The molecule has 2 aliphatic rings. The summed E-state index contributed by atoms with van der Waals surface area (Å²) in [5, 5.41) is -0.387. The number of carbonyl (C=O) groups is 1. The number of carbonyl (C=O) groups excluding carboxylic acids is 1. The molecule has 1 unspecified atom stereocenters. The highest BCUT2D eigenvalue weighted by atomic mass is 32.2. The van der Waals surface area contributed by atoms with Crippen LogP contribution >= 0.6 is 0 Å². The fourth-order valence-electron chi connectivity index (χ4n) is 4.64. The molecule has 3 aromatic rings. The summed E-state index contributed by atoms with van der Waals surface area (Å²) in [7, 11) is -4.30. The maximum Gasteiger partial charge on any atom is 0.281 e. The maximum atomic E-state index is 14.4. The summed E-state index contributed by atoms with van der Waals surface area (Å²) in [5.41, 5.74) is 6.33. The monoisotopic (exact) mass is 540 g/mol. The number of rotatable bonds is 9. The van der Waals surface area contributed by atoms with Gasteiger partial charge in [0.05, 0.1) is 12.3 Å². The van der Waals surface area contributed by atoms with Crippen LogP contribution in [0, 0.1) is 23.6 Å². The number of anilines is 1. The zero-order valence-electron chi connectivity index (χ0n) is 21.1. The Hall–Kier alpha value is -3.73. The second-order valence-electron chi connectivity index (χ2n) is 10.2. The number of fused-ring (bicyclic) bond motifs is 1. The lowest BCUT2D eigenvalue weighted by Gasteiger charge is -2.18. The first-order valence-corrected chi connectivity index (χ1v) is 14.0. The van der Waals surface area contributed by atoms with Crippen molar-refractivity contribution in [3.63, 3.8) is 0 Å². The minimum atomic E-state index is -4.30. The Morgan fingerprint density at radius 1 is 1.11 bits per heavy atom. The molecule has 0 spiro atoms. The first kappa shape index (κ1) is 25.9. The van der Waals surface area contributed by atoms with Gasteiger partial charge in [0, 0.05) is 11.6 Å². The van der Waals surface area contributed by atoms with E-state index in [0.717, 1.165) is 12.8 Å². The van der Waals surface area contributed by atoms with Crippen LogP contribution < -0.4 is 19.9 Å². The van der Waals surface area contributed by atoms with E-state index in [2.05, 4.69) is 9.97 Å². The van der Waals surface area contributed by atoms with Gasteiger partial charge in [0.2, 0.25) is 5.88 Å². The maximum absolute atomic E-state index is 14.4. The molecule has 2 aromatic heterocycles. The van der Waals surface area contributed by atoms with E-state index < -0.39 is 21.7 Å². The first-order valence-electron chi connectivity index (χ1n) is 12.5. The number of halogens is 1. The number of benzene rings is 1. The zero-order valence-corrected chi connectivity index (χ0v) is 21.9. The number of hydrogen-bond donors (Lipinski definition) is 2. The number of nitrogens with two attached hydrogens (primary N) is 1. The molecule has 3 N–H and O–H groups in total. The van der Waals surface area contributed by atoms with Crippen LogP contribution in [0.25, 0.3) is 11.3 Å². The van der Waals surface area contributed by atoms with E-state index in [0.29, 0.717) is 35.4 Å². The van der Waals surface area contributed by atoms with Gasteiger partial charge in [-0.3, -0.25) is 4.79 Å². The SMILES string of the molecule is CC(C)COc1cc(F)cc(-c2ccc(C(=O)NS(=O)(=O)c3cccc(N)n3)c(OC3C[C@@H]4C[C@@H]4C3)n2)c1. The lowest BCUT2D eigenvalue weighted by Crippen LogP contribution is -2.32. The van der Waals surface area contributed by atoms with Crippen LogP contribution in [0.3, 0.4) is 0 Å². The molecule has 2 fully saturated rings. The topological polar surface area (TPSA) is 134 Å². The van der Waals surface area contributed by atoms with Crippen LogP contribution in [0.15, 0.2) is 53.6 Å². The van der Waals surface area contributed by atoms with Gasteiger partial charge in [-0.15, -0.1) is 0 Å². The van der Waals surface area contributed by atoms with Gasteiger partial charge < -0.3 is 15.2 Å². The van der Waals surface area contributed by atoms with Crippen molar-refractivity contribution in [1.29, 1.82) is 0 Å².